The highest BCUT2D eigenvalue weighted by molar-refractivity contribution is 7.99. The fraction of sp³-hybridized carbons (Fsp3) is 0.469. The van der Waals surface area contributed by atoms with Gasteiger partial charge in [0.1, 0.15) is 5.82 Å². The normalized spacial score (nSPS) is 22.1. The van der Waals surface area contributed by atoms with E-state index in [9.17, 15) is 14.4 Å². The standard InChI is InChI=1S/C32H37ClFN3O5S/c1-36-17-25(24-6-4-5-7-29(24)36)31(39)35-28-15-27(34)20(12-26(28)33)13-30(38)37-16-23(43-3)14-21(37)18-42-22-10-8-19(9-11-22)32(40)41-2/h4-7,12,15,17,19,21-23H,8-11,13-14,16,18H2,1-3H3,(H,35,39)/t19?,21-,22?,23-/m0/s1. The molecule has 0 unspecified atom stereocenters. The summed E-state index contributed by atoms with van der Waals surface area (Å²) in [5, 5.41) is 3.93. The van der Waals surface area contributed by atoms with Crippen LogP contribution in [-0.4, -0.2) is 71.2 Å². The van der Waals surface area contributed by atoms with Crippen molar-refractivity contribution in [2.75, 3.05) is 31.8 Å². The predicted molar refractivity (Wildman–Crippen MR) is 167 cm³/mol. The van der Waals surface area contributed by atoms with Crippen LogP contribution < -0.4 is 5.32 Å². The van der Waals surface area contributed by atoms with E-state index in [4.69, 9.17) is 21.1 Å². The van der Waals surface area contributed by atoms with Crippen LogP contribution in [0.3, 0.4) is 0 Å². The van der Waals surface area contributed by atoms with Gasteiger partial charge in [0, 0.05) is 35.9 Å². The second-order valence-electron chi connectivity index (χ2n) is 11.3. The number of anilines is 1. The lowest BCUT2D eigenvalue weighted by Crippen LogP contribution is -2.40. The SMILES string of the molecule is COC(=O)C1CCC(OC[C@@H]2C[C@H](SC)CN2C(=O)Cc2cc(Cl)c(NC(=O)c3cn(C)c4ccccc34)cc2F)CC1. The molecule has 1 aromatic heterocycles. The van der Waals surface area contributed by atoms with Gasteiger partial charge in [-0.05, 0) is 62.1 Å². The summed E-state index contributed by atoms with van der Waals surface area (Å²) in [6.45, 7) is 0.969. The van der Waals surface area contributed by atoms with Gasteiger partial charge in [0.05, 0.1) is 54.5 Å². The summed E-state index contributed by atoms with van der Waals surface area (Å²) < 4.78 is 28.2. The number of benzene rings is 2. The number of halogens is 2. The molecule has 2 fully saturated rings. The van der Waals surface area contributed by atoms with Crippen molar-refractivity contribution in [3.8, 4) is 0 Å². The zero-order valence-corrected chi connectivity index (χ0v) is 26.2. The van der Waals surface area contributed by atoms with Crippen molar-refractivity contribution in [3.05, 3.63) is 64.6 Å². The molecule has 43 heavy (non-hydrogen) atoms. The fourth-order valence-electron chi connectivity index (χ4n) is 6.18. The van der Waals surface area contributed by atoms with Crippen LogP contribution in [0.15, 0.2) is 42.6 Å². The topological polar surface area (TPSA) is 89.9 Å². The number of ether oxygens (including phenoxy) is 2. The van der Waals surface area contributed by atoms with Gasteiger partial charge in [-0.1, -0.05) is 29.8 Å². The molecule has 5 rings (SSSR count). The molecule has 1 aliphatic carbocycles. The van der Waals surface area contributed by atoms with E-state index in [-0.39, 0.29) is 57.9 Å². The summed E-state index contributed by atoms with van der Waals surface area (Å²) >= 11 is 8.19. The first kappa shape index (κ1) is 31.3. The Bertz CT molecular complexity index is 1510. The molecule has 11 heteroatoms. The lowest BCUT2D eigenvalue weighted by atomic mass is 9.87. The van der Waals surface area contributed by atoms with Crippen LogP contribution in [0.5, 0.6) is 0 Å². The molecule has 1 saturated carbocycles. The summed E-state index contributed by atoms with van der Waals surface area (Å²) in [4.78, 5) is 40.2. The average Bonchev–Trinajstić information content (AvgIpc) is 3.59. The van der Waals surface area contributed by atoms with Crippen molar-refractivity contribution >= 4 is 57.7 Å². The third kappa shape index (κ3) is 7.02. The minimum Gasteiger partial charge on any atom is -0.469 e. The largest absolute Gasteiger partial charge is 0.469 e. The summed E-state index contributed by atoms with van der Waals surface area (Å²) in [5.74, 6) is -1.44. The number of likely N-dealkylation sites (tertiary alicyclic amines) is 1. The summed E-state index contributed by atoms with van der Waals surface area (Å²) in [5.41, 5.74) is 1.67. The number of nitrogens with one attached hydrogen (secondary N) is 1. The van der Waals surface area contributed by atoms with Crippen LogP contribution in [0.25, 0.3) is 10.9 Å². The molecule has 1 N–H and O–H groups in total. The first-order valence-electron chi connectivity index (χ1n) is 14.5. The number of esters is 1. The molecule has 2 aromatic carbocycles. The molecule has 1 aliphatic heterocycles. The van der Waals surface area contributed by atoms with E-state index in [0.29, 0.717) is 18.7 Å². The van der Waals surface area contributed by atoms with Crippen molar-refractivity contribution in [2.45, 2.75) is 55.9 Å². The highest BCUT2D eigenvalue weighted by Gasteiger charge is 2.36. The molecule has 8 nitrogen and oxygen atoms in total. The number of para-hydroxylation sites is 1. The maximum atomic E-state index is 15.3. The molecule has 0 bridgehead atoms. The highest BCUT2D eigenvalue weighted by Crippen LogP contribution is 2.32. The Labute approximate surface area is 260 Å². The molecule has 2 atom stereocenters. The van der Waals surface area contributed by atoms with E-state index in [0.717, 1.165) is 43.0 Å². The van der Waals surface area contributed by atoms with Crippen molar-refractivity contribution in [1.29, 1.82) is 0 Å². The van der Waals surface area contributed by atoms with Crippen molar-refractivity contribution in [3.63, 3.8) is 0 Å². The van der Waals surface area contributed by atoms with E-state index in [1.165, 1.54) is 19.2 Å². The fourth-order valence-corrected chi connectivity index (χ4v) is 7.14. The Balaban J connectivity index is 1.22. The van der Waals surface area contributed by atoms with Crippen molar-refractivity contribution in [2.24, 2.45) is 13.0 Å². The van der Waals surface area contributed by atoms with E-state index < -0.39 is 11.7 Å². The number of aromatic nitrogens is 1. The van der Waals surface area contributed by atoms with Crippen LogP contribution >= 0.6 is 23.4 Å². The number of hydrogen-bond acceptors (Lipinski definition) is 6. The van der Waals surface area contributed by atoms with Crippen LogP contribution in [0.4, 0.5) is 10.1 Å². The lowest BCUT2D eigenvalue weighted by Gasteiger charge is -2.30. The first-order chi connectivity index (χ1) is 20.7. The molecule has 1 saturated heterocycles. The van der Waals surface area contributed by atoms with Crippen LogP contribution in [0.2, 0.25) is 5.02 Å². The lowest BCUT2D eigenvalue weighted by molar-refractivity contribution is -0.148. The van der Waals surface area contributed by atoms with E-state index in [2.05, 4.69) is 5.32 Å². The number of carbonyl (C=O) groups excluding carboxylic acids is 3. The van der Waals surface area contributed by atoms with E-state index in [1.54, 1.807) is 22.9 Å². The average molecular weight is 630 g/mol. The molecule has 0 radical (unpaired) electrons. The monoisotopic (exact) mass is 629 g/mol. The molecule has 2 aliphatic rings. The van der Waals surface area contributed by atoms with E-state index >= 15 is 4.39 Å². The van der Waals surface area contributed by atoms with Gasteiger partial charge >= 0.3 is 5.97 Å². The summed E-state index contributed by atoms with van der Waals surface area (Å²) in [6.07, 6.45) is 7.46. The van der Waals surface area contributed by atoms with Gasteiger partial charge < -0.3 is 24.3 Å². The Kier molecular flexibility index (Phi) is 9.99. The van der Waals surface area contributed by atoms with Crippen molar-refractivity contribution < 1.29 is 28.2 Å². The Hall–Kier alpha value is -3.08. The quantitative estimate of drug-likeness (QED) is 0.299. The number of hydrogen-bond donors (Lipinski definition) is 1. The zero-order chi connectivity index (χ0) is 30.7. The molecule has 0 spiro atoms. The van der Waals surface area contributed by atoms with Crippen LogP contribution in [0, 0.1) is 11.7 Å². The van der Waals surface area contributed by atoms with Gasteiger partial charge in [0.25, 0.3) is 5.91 Å². The number of aryl methyl sites for hydroxylation is 1. The number of rotatable bonds is 9. The first-order valence-corrected chi connectivity index (χ1v) is 16.2. The minimum absolute atomic E-state index is 0.0408. The second-order valence-corrected chi connectivity index (χ2v) is 12.9. The molecule has 2 amide bonds. The van der Waals surface area contributed by atoms with Gasteiger partial charge in [0.2, 0.25) is 5.91 Å². The van der Waals surface area contributed by atoms with Gasteiger partial charge in [0.15, 0.2) is 0 Å². The smallest absolute Gasteiger partial charge is 0.308 e. The molecule has 2 heterocycles. The van der Waals surface area contributed by atoms with Gasteiger partial charge in [-0.15, -0.1) is 0 Å². The second kappa shape index (κ2) is 13.7. The van der Waals surface area contributed by atoms with Gasteiger partial charge in [-0.25, -0.2) is 4.39 Å². The zero-order valence-electron chi connectivity index (χ0n) is 24.6. The number of nitrogens with zero attached hydrogens (tertiary/aromatic N) is 2. The highest BCUT2D eigenvalue weighted by atomic mass is 35.5. The molecular formula is C32H37ClFN3O5S. The summed E-state index contributed by atoms with van der Waals surface area (Å²) in [6, 6.07) is 10.0. The van der Waals surface area contributed by atoms with E-state index in [1.807, 2.05) is 42.1 Å². The Morgan fingerprint density at radius 1 is 1.14 bits per heavy atom. The molecular weight excluding hydrogens is 593 g/mol. The number of methoxy groups -OCH3 is 1. The van der Waals surface area contributed by atoms with Gasteiger partial charge in [-0.2, -0.15) is 11.8 Å². The number of fused-ring (bicyclic) bond motifs is 1. The minimum atomic E-state index is -0.609. The molecule has 230 valence electrons. The maximum absolute atomic E-state index is 15.3. The Morgan fingerprint density at radius 3 is 2.60 bits per heavy atom. The van der Waals surface area contributed by atoms with Gasteiger partial charge in [-0.3, -0.25) is 14.4 Å². The van der Waals surface area contributed by atoms with Crippen LogP contribution in [-0.2, 0) is 32.5 Å². The number of thioether (sulfide) groups is 1. The third-order valence-corrected chi connectivity index (χ3v) is 9.95. The third-order valence-electron chi connectivity index (χ3n) is 8.63. The number of carbonyl (C=O) groups is 3. The number of amides is 2. The van der Waals surface area contributed by atoms with Crippen LogP contribution in [0.1, 0.15) is 48.0 Å². The predicted octanol–water partition coefficient (Wildman–Crippen LogP) is 5.85. The summed E-state index contributed by atoms with van der Waals surface area (Å²) in [7, 11) is 3.27. The maximum Gasteiger partial charge on any atom is 0.308 e. The Morgan fingerprint density at radius 2 is 1.88 bits per heavy atom. The molecule has 3 aromatic rings. The van der Waals surface area contributed by atoms with Crippen molar-refractivity contribution in [1.82, 2.24) is 9.47 Å².